The summed E-state index contributed by atoms with van der Waals surface area (Å²) in [4.78, 5) is 24.1. The minimum Gasteiger partial charge on any atom is -0.478 e. The average molecular weight is 255 g/mol. The third-order valence-electron chi connectivity index (χ3n) is 2.57. The van der Waals surface area contributed by atoms with Crippen molar-refractivity contribution in [1.82, 2.24) is 5.32 Å². The van der Waals surface area contributed by atoms with Crippen molar-refractivity contribution >= 4 is 29.2 Å². The highest BCUT2D eigenvalue weighted by Crippen LogP contribution is 2.24. The number of hydrogen-bond acceptors (Lipinski definition) is 3. The molecule has 0 saturated carbocycles. The highest BCUT2D eigenvalue weighted by Gasteiger charge is 2.21. The number of carboxylic acids is 1. The molecular weight excluding hydrogens is 244 g/mol. The molecule has 1 aliphatic heterocycles. The molecule has 6 heteroatoms. The zero-order valence-corrected chi connectivity index (χ0v) is 9.70. The largest absolute Gasteiger partial charge is 0.478 e. The molecule has 0 aromatic heterocycles. The number of halogens is 1. The fourth-order valence-electron chi connectivity index (χ4n) is 1.80. The van der Waals surface area contributed by atoms with Gasteiger partial charge in [0.25, 0.3) is 0 Å². The van der Waals surface area contributed by atoms with Gasteiger partial charge < -0.3 is 15.3 Å². The summed E-state index contributed by atoms with van der Waals surface area (Å²) >= 11 is 5.77. The molecule has 1 saturated heterocycles. The number of piperazine rings is 1. The second kappa shape index (κ2) is 4.63. The number of nitrogens with one attached hydrogen (secondary N) is 1. The highest BCUT2D eigenvalue weighted by molar-refractivity contribution is 6.31. The molecule has 0 bridgehead atoms. The second-order valence-corrected chi connectivity index (χ2v) is 4.17. The van der Waals surface area contributed by atoms with E-state index in [1.54, 1.807) is 17.0 Å². The summed E-state index contributed by atoms with van der Waals surface area (Å²) < 4.78 is 0. The monoisotopic (exact) mass is 254 g/mol. The fraction of sp³-hybridized carbons (Fsp3) is 0.273. The molecule has 1 aliphatic rings. The van der Waals surface area contributed by atoms with E-state index in [9.17, 15) is 9.59 Å². The Kier molecular flexibility index (Phi) is 3.19. The van der Waals surface area contributed by atoms with E-state index in [1.165, 1.54) is 6.07 Å². The first-order chi connectivity index (χ1) is 8.08. The molecule has 0 unspecified atom stereocenters. The molecule has 17 heavy (non-hydrogen) atoms. The van der Waals surface area contributed by atoms with E-state index in [0.717, 1.165) is 0 Å². The van der Waals surface area contributed by atoms with Crippen molar-refractivity contribution in [1.29, 1.82) is 0 Å². The molecule has 1 fully saturated rings. The smallest absolute Gasteiger partial charge is 0.337 e. The van der Waals surface area contributed by atoms with Gasteiger partial charge in [0, 0.05) is 18.1 Å². The van der Waals surface area contributed by atoms with E-state index in [0.29, 0.717) is 23.8 Å². The number of hydrogen-bond donors (Lipinski definition) is 2. The van der Waals surface area contributed by atoms with Gasteiger partial charge in [-0.05, 0) is 18.2 Å². The quantitative estimate of drug-likeness (QED) is 0.825. The lowest BCUT2D eigenvalue weighted by atomic mass is 10.1. The van der Waals surface area contributed by atoms with Crippen molar-refractivity contribution in [2.75, 3.05) is 24.5 Å². The Morgan fingerprint density at radius 1 is 1.47 bits per heavy atom. The van der Waals surface area contributed by atoms with Gasteiger partial charge in [-0.2, -0.15) is 0 Å². The molecule has 1 aromatic carbocycles. The predicted octanol–water partition coefficient (Wildman–Crippen LogP) is 0.974. The Hall–Kier alpha value is -1.75. The maximum Gasteiger partial charge on any atom is 0.337 e. The first-order valence-electron chi connectivity index (χ1n) is 5.12. The summed E-state index contributed by atoms with van der Waals surface area (Å²) in [6.07, 6.45) is 0. The first-order valence-corrected chi connectivity index (χ1v) is 5.50. The molecule has 2 rings (SSSR count). The third kappa shape index (κ3) is 2.50. The minimum absolute atomic E-state index is 0.109. The molecule has 0 aliphatic carbocycles. The maximum atomic E-state index is 11.3. The van der Waals surface area contributed by atoms with Gasteiger partial charge >= 0.3 is 5.97 Å². The normalized spacial score (nSPS) is 15.6. The number of carbonyl (C=O) groups is 2. The van der Waals surface area contributed by atoms with Crippen LogP contribution in [0.15, 0.2) is 18.2 Å². The molecular formula is C11H11ClN2O3. The first kappa shape index (κ1) is 11.7. The lowest BCUT2D eigenvalue weighted by Gasteiger charge is -2.29. The standard InChI is InChI=1S/C11H11ClN2O3/c12-7-1-2-9(8(5-7)11(16)17)14-4-3-13-10(15)6-14/h1-2,5H,3-4,6H2,(H,13,15)(H,16,17). The van der Waals surface area contributed by atoms with Crippen molar-refractivity contribution in [3.05, 3.63) is 28.8 Å². The van der Waals surface area contributed by atoms with E-state index in [-0.39, 0.29) is 18.0 Å². The molecule has 2 N–H and O–H groups in total. The van der Waals surface area contributed by atoms with Crippen molar-refractivity contribution in [3.63, 3.8) is 0 Å². The van der Waals surface area contributed by atoms with Gasteiger partial charge in [-0.1, -0.05) is 11.6 Å². The van der Waals surface area contributed by atoms with Gasteiger partial charge in [-0.25, -0.2) is 4.79 Å². The lowest BCUT2D eigenvalue weighted by molar-refractivity contribution is -0.120. The van der Waals surface area contributed by atoms with Crippen LogP contribution in [0.3, 0.4) is 0 Å². The van der Waals surface area contributed by atoms with Gasteiger partial charge in [0.05, 0.1) is 17.8 Å². The Bertz CT molecular complexity index is 476. The summed E-state index contributed by atoms with van der Waals surface area (Å²) in [7, 11) is 0. The van der Waals surface area contributed by atoms with Crippen LogP contribution in [0.1, 0.15) is 10.4 Å². The fourth-order valence-corrected chi connectivity index (χ4v) is 1.97. The molecule has 0 atom stereocenters. The molecule has 1 aromatic rings. The molecule has 90 valence electrons. The van der Waals surface area contributed by atoms with Crippen LogP contribution in [-0.2, 0) is 4.79 Å². The number of carboxylic acid groups (broad SMARTS) is 1. The number of amides is 1. The zero-order chi connectivity index (χ0) is 12.4. The predicted molar refractivity (Wildman–Crippen MR) is 63.6 cm³/mol. The van der Waals surface area contributed by atoms with Crippen molar-refractivity contribution < 1.29 is 14.7 Å². The van der Waals surface area contributed by atoms with Crippen LogP contribution in [0.5, 0.6) is 0 Å². The summed E-state index contributed by atoms with van der Waals surface area (Å²) in [5, 5.41) is 12.2. The zero-order valence-electron chi connectivity index (χ0n) is 8.94. The number of carbonyl (C=O) groups excluding carboxylic acids is 1. The van der Waals surface area contributed by atoms with Crippen LogP contribution in [0.25, 0.3) is 0 Å². The number of nitrogens with zero attached hydrogens (tertiary/aromatic N) is 1. The summed E-state index contributed by atoms with van der Waals surface area (Å²) in [6.45, 7) is 1.27. The third-order valence-corrected chi connectivity index (χ3v) is 2.80. The van der Waals surface area contributed by atoms with E-state index in [1.807, 2.05) is 0 Å². The van der Waals surface area contributed by atoms with E-state index in [2.05, 4.69) is 5.32 Å². The van der Waals surface area contributed by atoms with E-state index >= 15 is 0 Å². The Morgan fingerprint density at radius 2 is 2.24 bits per heavy atom. The number of anilines is 1. The van der Waals surface area contributed by atoms with Crippen LogP contribution < -0.4 is 10.2 Å². The topological polar surface area (TPSA) is 69.6 Å². The number of rotatable bonds is 2. The van der Waals surface area contributed by atoms with Crippen LogP contribution in [0, 0.1) is 0 Å². The summed E-state index contributed by atoms with van der Waals surface area (Å²) in [5.41, 5.74) is 0.643. The Labute approximate surface area is 103 Å². The second-order valence-electron chi connectivity index (χ2n) is 3.74. The number of benzene rings is 1. The Balaban J connectivity index is 2.37. The van der Waals surface area contributed by atoms with Gasteiger partial charge in [0.2, 0.25) is 5.91 Å². The van der Waals surface area contributed by atoms with Crippen LogP contribution in [-0.4, -0.2) is 36.6 Å². The highest BCUT2D eigenvalue weighted by atomic mass is 35.5. The SMILES string of the molecule is O=C1CN(c2ccc(Cl)cc2C(=O)O)CCN1. The van der Waals surface area contributed by atoms with Crippen LogP contribution >= 0.6 is 11.6 Å². The van der Waals surface area contributed by atoms with Crippen LogP contribution in [0.2, 0.25) is 5.02 Å². The van der Waals surface area contributed by atoms with Crippen molar-refractivity contribution in [3.8, 4) is 0 Å². The number of aromatic carboxylic acids is 1. The maximum absolute atomic E-state index is 11.3. The lowest BCUT2D eigenvalue weighted by Crippen LogP contribution is -2.48. The average Bonchev–Trinajstić information content (AvgIpc) is 2.28. The molecule has 5 nitrogen and oxygen atoms in total. The summed E-state index contributed by atoms with van der Waals surface area (Å²) in [5.74, 6) is -1.16. The van der Waals surface area contributed by atoms with Crippen LogP contribution in [0.4, 0.5) is 5.69 Å². The molecule has 1 amide bonds. The van der Waals surface area contributed by atoms with Gasteiger partial charge in [-0.15, -0.1) is 0 Å². The van der Waals surface area contributed by atoms with Gasteiger partial charge in [0.1, 0.15) is 0 Å². The molecule has 1 heterocycles. The molecule has 0 spiro atoms. The van der Waals surface area contributed by atoms with Gasteiger partial charge in [0.15, 0.2) is 0 Å². The van der Waals surface area contributed by atoms with Crippen molar-refractivity contribution in [2.45, 2.75) is 0 Å². The van der Waals surface area contributed by atoms with Crippen molar-refractivity contribution in [2.24, 2.45) is 0 Å². The van der Waals surface area contributed by atoms with E-state index in [4.69, 9.17) is 16.7 Å². The molecule has 0 radical (unpaired) electrons. The summed E-state index contributed by atoms with van der Waals surface area (Å²) in [6, 6.07) is 4.64. The minimum atomic E-state index is -1.05. The van der Waals surface area contributed by atoms with E-state index < -0.39 is 5.97 Å². The Morgan fingerprint density at radius 3 is 2.88 bits per heavy atom. The van der Waals surface area contributed by atoms with Gasteiger partial charge in [-0.3, -0.25) is 4.79 Å².